The van der Waals surface area contributed by atoms with E-state index in [9.17, 15) is 4.79 Å². The van der Waals surface area contributed by atoms with E-state index in [-0.39, 0.29) is 11.8 Å². The zero-order valence-electron chi connectivity index (χ0n) is 17.3. The highest BCUT2D eigenvalue weighted by molar-refractivity contribution is 7.13. The summed E-state index contributed by atoms with van der Waals surface area (Å²) >= 11 is 1.60. The number of hydrogen-bond acceptors (Lipinski definition) is 6. The molecular formula is C23H28N4O2S. The smallest absolute Gasteiger partial charge is 0.241 e. The summed E-state index contributed by atoms with van der Waals surface area (Å²) in [6.45, 7) is 5.22. The molecule has 0 aliphatic carbocycles. The number of aromatic nitrogens is 2. The van der Waals surface area contributed by atoms with Gasteiger partial charge < -0.3 is 9.84 Å². The Hall–Kier alpha value is -2.51. The van der Waals surface area contributed by atoms with Gasteiger partial charge in [-0.15, -0.1) is 11.3 Å². The number of carbonyl (C=O) groups is 1. The largest absolute Gasteiger partial charge is 0.356 e. The van der Waals surface area contributed by atoms with E-state index in [0.29, 0.717) is 18.3 Å². The van der Waals surface area contributed by atoms with E-state index in [1.165, 1.54) is 11.1 Å². The number of likely N-dealkylation sites (tertiary alicyclic amines) is 1. The molecule has 0 unspecified atom stereocenters. The normalized spacial score (nSPS) is 15.4. The number of nitrogens with one attached hydrogen (secondary N) is 1. The number of nitrogens with zero attached hydrogens (tertiary/aromatic N) is 3. The van der Waals surface area contributed by atoms with E-state index < -0.39 is 0 Å². The first-order valence-electron chi connectivity index (χ1n) is 10.6. The minimum atomic E-state index is 0.102. The van der Waals surface area contributed by atoms with Crippen molar-refractivity contribution < 1.29 is 9.32 Å². The van der Waals surface area contributed by atoms with Crippen molar-refractivity contribution in [3.8, 4) is 10.7 Å². The van der Waals surface area contributed by atoms with Crippen LogP contribution in [0.5, 0.6) is 0 Å². The third kappa shape index (κ3) is 5.55. The van der Waals surface area contributed by atoms with Crippen LogP contribution >= 0.6 is 11.3 Å². The average Bonchev–Trinajstić information content (AvgIpc) is 3.45. The molecule has 1 aliphatic rings. The van der Waals surface area contributed by atoms with Crippen molar-refractivity contribution in [3.05, 3.63) is 58.8 Å². The molecule has 0 bridgehead atoms. The maximum Gasteiger partial charge on any atom is 0.241 e. The number of thiophene rings is 1. The summed E-state index contributed by atoms with van der Waals surface area (Å²) in [6.07, 6.45) is 3.71. The zero-order chi connectivity index (χ0) is 20.8. The van der Waals surface area contributed by atoms with Crippen molar-refractivity contribution in [2.45, 2.75) is 39.2 Å². The topological polar surface area (TPSA) is 71.3 Å². The van der Waals surface area contributed by atoms with Crippen molar-refractivity contribution in [1.29, 1.82) is 0 Å². The van der Waals surface area contributed by atoms with Gasteiger partial charge in [-0.05, 0) is 62.7 Å². The summed E-state index contributed by atoms with van der Waals surface area (Å²) in [6, 6.07) is 12.6. The summed E-state index contributed by atoms with van der Waals surface area (Å²) in [5.41, 5.74) is 2.60. The van der Waals surface area contributed by atoms with Crippen LogP contribution < -0.4 is 5.32 Å². The number of piperidine rings is 1. The second-order valence-electron chi connectivity index (χ2n) is 7.92. The fraction of sp³-hybridized carbons (Fsp3) is 0.435. The molecule has 4 rings (SSSR count). The van der Waals surface area contributed by atoms with Crippen LogP contribution in [0.3, 0.4) is 0 Å². The summed E-state index contributed by atoms with van der Waals surface area (Å²) in [5, 5.41) is 9.19. The monoisotopic (exact) mass is 424 g/mol. The van der Waals surface area contributed by atoms with Crippen LogP contribution in [0, 0.1) is 12.8 Å². The number of aryl methyl sites for hydroxylation is 2. The fourth-order valence-electron chi connectivity index (χ4n) is 3.77. The molecule has 1 fully saturated rings. The van der Waals surface area contributed by atoms with Gasteiger partial charge in [0.25, 0.3) is 0 Å². The van der Waals surface area contributed by atoms with Crippen LogP contribution in [-0.2, 0) is 17.8 Å². The summed E-state index contributed by atoms with van der Waals surface area (Å²) in [7, 11) is 0. The van der Waals surface area contributed by atoms with Gasteiger partial charge in [-0.25, -0.2) is 0 Å². The Bertz CT molecular complexity index is 929. The van der Waals surface area contributed by atoms with E-state index >= 15 is 0 Å². The molecule has 1 aromatic carbocycles. The van der Waals surface area contributed by atoms with Crippen molar-refractivity contribution >= 4 is 17.2 Å². The Balaban J connectivity index is 1.15. The Morgan fingerprint density at radius 3 is 2.77 bits per heavy atom. The lowest BCUT2D eigenvalue weighted by atomic mass is 9.96. The van der Waals surface area contributed by atoms with Gasteiger partial charge in [0.05, 0.1) is 11.4 Å². The van der Waals surface area contributed by atoms with Gasteiger partial charge in [-0.2, -0.15) is 4.98 Å². The predicted molar refractivity (Wildman–Crippen MR) is 118 cm³/mol. The standard InChI is InChI=1S/C23H28N4O2S/c1-17-6-8-18(9-7-17)4-2-12-24-23(28)19-10-13-27(14-11-19)16-21-25-22(26-29-21)20-5-3-15-30-20/h3,5-9,15,19H,2,4,10-14,16H2,1H3,(H,24,28). The van der Waals surface area contributed by atoms with Crippen LogP contribution in [0.15, 0.2) is 46.3 Å². The van der Waals surface area contributed by atoms with Crippen LogP contribution in [0.4, 0.5) is 0 Å². The second kappa shape index (κ2) is 10.00. The zero-order valence-corrected chi connectivity index (χ0v) is 18.2. The van der Waals surface area contributed by atoms with Gasteiger partial charge in [-0.3, -0.25) is 9.69 Å². The molecule has 1 aliphatic heterocycles. The van der Waals surface area contributed by atoms with Crippen molar-refractivity contribution in [3.63, 3.8) is 0 Å². The maximum absolute atomic E-state index is 12.5. The Labute approximate surface area is 181 Å². The van der Waals surface area contributed by atoms with Gasteiger partial charge in [0.2, 0.25) is 17.6 Å². The van der Waals surface area contributed by atoms with Crippen molar-refractivity contribution in [2.75, 3.05) is 19.6 Å². The number of rotatable bonds is 8. The van der Waals surface area contributed by atoms with Crippen molar-refractivity contribution in [1.82, 2.24) is 20.4 Å². The minimum absolute atomic E-state index is 0.102. The predicted octanol–water partition coefficient (Wildman–Crippen LogP) is 4.07. The van der Waals surface area contributed by atoms with Crippen LogP contribution in [0.2, 0.25) is 0 Å². The molecule has 0 saturated carbocycles. The van der Waals surface area contributed by atoms with Gasteiger partial charge in [-0.1, -0.05) is 41.1 Å². The maximum atomic E-state index is 12.5. The van der Waals surface area contributed by atoms with E-state index in [1.807, 2.05) is 17.5 Å². The SMILES string of the molecule is Cc1ccc(CCCNC(=O)C2CCN(Cc3nc(-c4cccs4)no3)CC2)cc1. The lowest BCUT2D eigenvalue weighted by Gasteiger charge is -2.30. The van der Waals surface area contributed by atoms with Gasteiger partial charge in [0, 0.05) is 12.5 Å². The first kappa shape index (κ1) is 20.8. The Kier molecular flexibility index (Phi) is 6.92. The number of amides is 1. The Morgan fingerprint density at radius 2 is 2.03 bits per heavy atom. The summed E-state index contributed by atoms with van der Waals surface area (Å²) in [5.74, 6) is 1.58. The quantitative estimate of drug-likeness (QED) is 0.552. The highest BCUT2D eigenvalue weighted by atomic mass is 32.1. The average molecular weight is 425 g/mol. The molecule has 6 nitrogen and oxygen atoms in total. The van der Waals surface area contributed by atoms with E-state index in [2.05, 4.69) is 51.5 Å². The van der Waals surface area contributed by atoms with Gasteiger partial charge in [0.1, 0.15) is 0 Å². The number of hydrogen-bond donors (Lipinski definition) is 1. The van der Waals surface area contributed by atoms with Crippen LogP contribution in [0.25, 0.3) is 10.7 Å². The first-order valence-corrected chi connectivity index (χ1v) is 11.5. The highest BCUT2D eigenvalue weighted by Gasteiger charge is 2.25. The molecule has 3 aromatic rings. The van der Waals surface area contributed by atoms with E-state index in [0.717, 1.165) is 50.2 Å². The third-order valence-electron chi connectivity index (χ3n) is 5.59. The lowest BCUT2D eigenvalue weighted by molar-refractivity contribution is -0.126. The molecule has 1 saturated heterocycles. The van der Waals surface area contributed by atoms with E-state index in [4.69, 9.17) is 4.52 Å². The third-order valence-corrected chi connectivity index (χ3v) is 6.45. The molecule has 0 spiro atoms. The summed E-state index contributed by atoms with van der Waals surface area (Å²) in [4.78, 5) is 20.3. The lowest BCUT2D eigenvalue weighted by Crippen LogP contribution is -2.40. The van der Waals surface area contributed by atoms with Gasteiger partial charge in [0.15, 0.2) is 0 Å². The minimum Gasteiger partial charge on any atom is -0.356 e. The molecular weight excluding hydrogens is 396 g/mol. The molecule has 1 amide bonds. The summed E-state index contributed by atoms with van der Waals surface area (Å²) < 4.78 is 5.40. The molecule has 2 aromatic heterocycles. The fourth-order valence-corrected chi connectivity index (χ4v) is 4.42. The number of carbonyl (C=O) groups excluding carboxylic acids is 1. The molecule has 1 N–H and O–H groups in total. The van der Waals surface area contributed by atoms with Gasteiger partial charge >= 0.3 is 0 Å². The van der Waals surface area contributed by atoms with Crippen LogP contribution in [0.1, 0.15) is 36.3 Å². The first-order chi connectivity index (χ1) is 14.7. The molecule has 30 heavy (non-hydrogen) atoms. The number of benzene rings is 1. The Morgan fingerprint density at radius 1 is 1.23 bits per heavy atom. The molecule has 3 heterocycles. The molecule has 0 radical (unpaired) electrons. The highest BCUT2D eigenvalue weighted by Crippen LogP contribution is 2.23. The second-order valence-corrected chi connectivity index (χ2v) is 8.87. The molecule has 7 heteroatoms. The molecule has 0 atom stereocenters. The van der Waals surface area contributed by atoms with Crippen molar-refractivity contribution in [2.24, 2.45) is 5.92 Å². The molecule has 158 valence electrons. The van der Waals surface area contributed by atoms with Crippen LogP contribution in [-0.4, -0.2) is 40.6 Å². The van der Waals surface area contributed by atoms with E-state index in [1.54, 1.807) is 11.3 Å².